The lowest BCUT2D eigenvalue weighted by atomic mass is 10.0. The van der Waals surface area contributed by atoms with Crippen LogP contribution in [0.5, 0.6) is 0 Å². The fraction of sp³-hybridized carbons (Fsp3) is 0. The third-order valence-corrected chi connectivity index (χ3v) is 22.2. The SMILES string of the molecule is c1ccc(-c2cccc(-n3c4ccccc4c4cc(-c5ccc6c(c5)c5ccccc5n6-c5ccc6oc7ccc(-c8ccccc8)cc7c6c5)ccc43)c2)cc1.c1ccc(-c2cccc(-n3c4ccccc4c4cc(-c5ccc6c(c5)c5ccccc5n6-c5ccc6oc7ccccc7c6c5)ccc43)c2)cc1. The summed E-state index contributed by atoms with van der Waals surface area (Å²) in [6.45, 7) is 0. The van der Waals surface area contributed by atoms with Crippen LogP contribution < -0.4 is 0 Å². The van der Waals surface area contributed by atoms with Crippen LogP contribution >= 0.6 is 0 Å². The van der Waals surface area contributed by atoms with Crippen LogP contribution in [0, 0.1) is 0 Å². The second-order valence-electron chi connectivity index (χ2n) is 28.3. The molecule has 0 radical (unpaired) electrons. The van der Waals surface area contributed by atoms with E-state index in [9.17, 15) is 0 Å². The number of fused-ring (bicyclic) bond motifs is 18. The zero-order valence-corrected chi connectivity index (χ0v) is 58.6. The Bertz CT molecular complexity index is 7550. The highest BCUT2D eigenvalue weighted by Crippen LogP contribution is 2.44. The van der Waals surface area contributed by atoms with E-state index >= 15 is 0 Å². The minimum Gasteiger partial charge on any atom is -0.456 e. The summed E-state index contributed by atoms with van der Waals surface area (Å²) in [7, 11) is 0. The number of hydrogen-bond donors (Lipinski definition) is 0. The molecule has 0 aliphatic rings. The van der Waals surface area contributed by atoms with Gasteiger partial charge in [-0.3, -0.25) is 0 Å². The highest BCUT2D eigenvalue weighted by Gasteiger charge is 2.22. The summed E-state index contributed by atoms with van der Waals surface area (Å²) in [5.74, 6) is 0. The van der Waals surface area contributed by atoms with Crippen molar-refractivity contribution >= 4 is 131 Å². The van der Waals surface area contributed by atoms with E-state index in [1.807, 2.05) is 12.1 Å². The molecule has 0 spiro atoms. The van der Waals surface area contributed by atoms with Crippen LogP contribution in [-0.4, -0.2) is 18.3 Å². The summed E-state index contributed by atoms with van der Waals surface area (Å²) in [5, 5.41) is 14.4. The first kappa shape index (κ1) is 61.1. The van der Waals surface area contributed by atoms with Crippen LogP contribution in [0.25, 0.3) is 209 Å². The summed E-state index contributed by atoms with van der Waals surface area (Å²) in [5.41, 5.74) is 29.7. The van der Waals surface area contributed by atoms with E-state index in [4.69, 9.17) is 8.83 Å². The molecule has 0 unspecified atom stereocenters. The Morgan fingerprint density at radius 2 is 0.370 bits per heavy atom. The third kappa shape index (κ3) is 9.88. The van der Waals surface area contributed by atoms with Gasteiger partial charge in [-0.2, -0.15) is 0 Å². The number of aromatic nitrogens is 4. The molecule has 0 aliphatic carbocycles. The molecule has 17 aromatic carbocycles. The molecular weight excluding hydrogens is 1310 g/mol. The Balaban J connectivity index is 0.000000135. The van der Waals surface area contributed by atoms with Crippen molar-refractivity contribution in [1.29, 1.82) is 0 Å². The standard InChI is InChI=1S/C54H34N2O.C48H30N2O/c1-3-12-35(13-4-1)37-16-11-17-41(30-37)55-49-20-9-7-18-43(49)45-31-39(22-26-51(45)55)40-23-27-52-46(32-40)44-19-8-10-21-50(44)56(52)42-25-29-54-48(34-42)47-33-38(24-28-53(47)57-54)36-14-5-2-6-15-36;1-2-11-31(12-3-1)32-13-10-14-35(27-32)49-43-18-7-4-15-37(43)40-28-33(21-24-45(40)49)34-22-25-46-41(29-34)38-16-5-8-19-44(38)50(46)36-23-26-48-42(30-36)39-17-6-9-20-47(39)51-48/h1-34H;1-30H. The molecular formula is C102H64N4O2. The molecule has 6 heterocycles. The highest BCUT2D eigenvalue weighted by atomic mass is 16.3. The monoisotopic (exact) mass is 1380 g/mol. The number of hydrogen-bond acceptors (Lipinski definition) is 2. The number of nitrogens with zero attached hydrogens (tertiary/aromatic N) is 4. The van der Waals surface area contributed by atoms with E-state index in [1.54, 1.807) is 0 Å². The summed E-state index contributed by atoms with van der Waals surface area (Å²) >= 11 is 0. The summed E-state index contributed by atoms with van der Waals surface area (Å²) < 4.78 is 22.1. The van der Waals surface area contributed by atoms with Crippen molar-refractivity contribution in [2.75, 3.05) is 0 Å². The van der Waals surface area contributed by atoms with E-state index in [0.717, 1.165) is 66.6 Å². The highest BCUT2D eigenvalue weighted by molar-refractivity contribution is 6.16. The molecule has 108 heavy (non-hydrogen) atoms. The average Bonchev–Trinajstić information content (AvgIpc) is 1.59. The first-order valence-corrected chi connectivity index (χ1v) is 36.9. The van der Waals surface area contributed by atoms with Crippen LogP contribution in [0.15, 0.2) is 397 Å². The van der Waals surface area contributed by atoms with E-state index in [-0.39, 0.29) is 0 Å². The van der Waals surface area contributed by atoms with Crippen LogP contribution in [-0.2, 0) is 0 Å². The van der Waals surface area contributed by atoms with Gasteiger partial charge in [-0.25, -0.2) is 0 Å². The van der Waals surface area contributed by atoms with Gasteiger partial charge in [0.2, 0.25) is 0 Å². The molecule has 23 rings (SSSR count). The van der Waals surface area contributed by atoms with Crippen molar-refractivity contribution in [1.82, 2.24) is 18.3 Å². The molecule has 0 aliphatic heterocycles. The topological polar surface area (TPSA) is 46.0 Å². The Kier molecular flexibility index (Phi) is 13.9. The lowest BCUT2D eigenvalue weighted by Crippen LogP contribution is -1.94. The van der Waals surface area contributed by atoms with Gasteiger partial charge in [-0.15, -0.1) is 0 Å². The molecule has 0 saturated carbocycles. The summed E-state index contributed by atoms with van der Waals surface area (Å²) in [4.78, 5) is 0. The molecule has 6 aromatic heterocycles. The molecule has 0 amide bonds. The van der Waals surface area contributed by atoms with Gasteiger partial charge in [0.15, 0.2) is 0 Å². The lowest BCUT2D eigenvalue weighted by Gasteiger charge is -2.11. The van der Waals surface area contributed by atoms with Crippen molar-refractivity contribution in [2.24, 2.45) is 0 Å². The van der Waals surface area contributed by atoms with Gasteiger partial charge in [0.1, 0.15) is 22.3 Å². The molecule has 0 fully saturated rings. The molecule has 0 N–H and O–H groups in total. The van der Waals surface area contributed by atoms with Gasteiger partial charge in [0.05, 0.1) is 44.1 Å². The van der Waals surface area contributed by atoms with Gasteiger partial charge >= 0.3 is 0 Å². The first-order valence-electron chi connectivity index (χ1n) is 36.9. The fourth-order valence-corrected chi connectivity index (χ4v) is 17.2. The van der Waals surface area contributed by atoms with Crippen molar-refractivity contribution in [2.45, 2.75) is 0 Å². The minimum atomic E-state index is 0.891. The first-order chi connectivity index (χ1) is 53.5. The average molecular weight is 1380 g/mol. The second-order valence-corrected chi connectivity index (χ2v) is 28.3. The predicted molar refractivity (Wildman–Crippen MR) is 452 cm³/mol. The van der Waals surface area contributed by atoms with E-state index in [2.05, 4.69) is 394 Å². The zero-order chi connectivity index (χ0) is 70.9. The summed E-state index contributed by atoms with van der Waals surface area (Å²) in [6.07, 6.45) is 0. The van der Waals surface area contributed by atoms with Crippen molar-refractivity contribution in [3.8, 4) is 78.4 Å². The van der Waals surface area contributed by atoms with Crippen molar-refractivity contribution in [3.63, 3.8) is 0 Å². The maximum atomic E-state index is 6.35. The molecule has 504 valence electrons. The number of benzene rings is 17. The predicted octanol–water partition coefficient (Wildman–Crippen LogP) is 27.9. The van der Waals surface area contributed by atoms with Gasteiger partial charge in [0.25, 0.3) is 0 Å². The smallest absolute Gasteiger partial charge is 0.135 e. The molecule has 23 aromatic rings. The third-order valence-electron chi connectivity index (χ3n) is 22.2. The van der Waals surface area contributed by atoms with Gasteiger partial charge < -0.3 is 27.1 Å². The molecule has 0 saturated heterocycles. The number of furan rings is 2. The van der Waals surface area contributed by atoms with E-state index in [0.29, 0.717) is 0 Å². The zero-order valence-electron chi connectivity index (χ0n) is 58.6. The Hall–Kier alpha value is -14.5. The largest absolute Gasteiger partial charge is 0.456 e. The van der Waals surface area contributed by atoms with E-state index in [1.165, 1.54) is 143 Å². The number of para-hydroxylation sites is 5. The Morgan fingerprint density at radius 1 is 0.130 bits per heavy atom. The molecule has 0 bridgehead atoms. The minimum absolute atomic E-state index is 0.891. The lowest BCUT2D eigenvalue weighted by molar-refractivity contribution is 0.668. The van der Waals surface area contributed by atoms with Crippen LogP contribution in [0.4, 0.5) is 0 Å². The molecule has 6 nitrogen and oxygen atoms in total. The van der Waals surface area contributed by atoms with Crippen LogP contribution in [0.1, 0.15) is 0 Å². The summed E-state index contributed by atoms with van der Waals surface area (Å²) in [6, 6.07) is 140. The van der Waals surface area contributed by atoms with E-state index < -0.39 is 0 Å². The van der Waals surface area contributed by atoms with Crippen molar-refractivity contribution < 1.29 is 8.83 Å². The van der Waals surface area contributed by atoms with Gasteiger partial charge in [-0.05, 0) is 207 Å². The van der Waals surface area contributed by atoms with Crippen LogP contribution in [0.2, 0.25) is 0 Å². The fourth-order valence-electron chi connectivity index (χ4n) is 17.2. The maximum absolute atomic E-state index is 6.35. The van der Waals surface area contributed by atoms with Crippen molar-refractivity contribution in [3.05, 3.63) is 388 Å². The second kappa shape index (κ2) is 24.6. The molecule has 6 heteroatoms. The molecule has 0 atom stereocenters. The quantitative estimate of drug-likeness (QED) is 0.145. The number of rotatable bonds is 9. The van der Waals surface area contributed by atoms with Gasteiger partial charge in [-0.1, -0.05) is 237 Å². The van der Waals surface area contributed by atoms with Crippen LogP contribution in [0.3, 0.4) is 0 Å². The Labute approximate surface area is 620 Å². The normalized spacial score (nSPS) is 11.9. The maximum Gasteiger partial charge on any atom is 0.135 e. The Morgan fingerprint density at radius 3 is 0.750 bits per heavy atom. The van der Waals surface area contributed by atoms with Gasteiger partial charge in [0, 0.05) is 87.4 Å².